The molecule has 2 aromatic rings. The smallest absolute Gasteiger partial charge is 0.0456 e. The summed E-state index contributed by atoms with van der Waals surface area (Å²) in [6.45, 7) is 3.35. The van der Waals surface area contributed by atoms with Gasteiger partial charge < -0.3 is 10.3 Å². The maximum absolute atomic E-state index is 3.89. The second-order valence-corrected chi connectivity index (χ2v) is 7.16. The van der Waals surface area contributed by atoms with E-state index >= 15 is 0 Å². The number of fused-ring (bicyclic) bond motifs is 3. The van der Waals surface area contributed by atoms with Crippen molar-refractivity contribution < 1.29 is 0 Å². The van der Waals surface area contributed by atoms with Crippen LogP contribution in [0.4, 0.5) is 0 Å². The first-order valence-electron chi connectivity index (χ1n) is 8.21. The third kappa shape index (κ3) is 2.53. The summed E-state index contributed by atoms with van der Waals surface area (Å²) in [5.74, 6) is 1.63. The number of para-hydroxylation sites is 1. The molecule has 3 atom stereocenters. The Hall–Kier alpha value is -1.54. The molecule has 110 valence electrons. The molecule has 2 aliphatic carbocycles. The SMILES string of the molecule is CC1CC2C=CCC(NCc3cc4ccccc4[nH]3)(C1)C2. The minimum absolute atomic E-state index is 0.328. The van der Waals surface area contributed by atoms with Crippen molar-refractivity contribution in [3.05, 3.63) is 48.2 Å². The molecule has 2 bridgehead atoms. The van der Waals surface area contributed by atoms with Gasteiger partial charge >= 0.3 is 0 Å². The maximum atomic E-state index is 3.89. The summed E-state index contributed by atoms with van der Waals surface area (Å²) in [5, 5.41) is 5.20. The van der Waals surface area contributed by atoms with Gasteiger partial charge in [0.15, 0.2) is 0 Å². The molecule has 2 heteroatoms. The summed E-state index contributed by atoms with van der Waals surface area (Å²) in [6.07, 6.45) is 10.0. The Balaban J connectivity index is 1.51. The van der Waals surface area contributed by atoms with Gasteiger partial charge in [-0.1, -0.05) is 37.3 Å². The predicted octanol–water partition coefficient (Wildman–Crippen LogP) is 4.39. The lowest BCUT2D eigenvalue weighted by Crippen LogP contribution is -2.51. The van der Waals surface area contributed by atoms with Crippen LogP contribution in [0.2, 0.25) is 0 Å². The molecule has 1 fully saturated rings. The third-order valence-electron chi connectivity index (χ3n) is 5.25. The number of hydrogen-bond acceptors (Lipinski definition) is 1. The van der Waals surface area contributed by atoms with E-state index in [4.69, 9.17) is 0 Å². The Morgan fingerprint density at radius 1 is 1.29 bits per heavy atom. The Labute approximate surface area is 126 Å². The number of nitrogens with one attached hydrogen (secondary N) is 2. The van der Waals surface area contributed by atoms with Crippen LogP contribution in [0.1, 0.15) is 38.3 Å². The third-order valence-corrected chi connectivity index (χ3v) is 5.25. The molecule has 21 heavy (non-hydrogen) atoms. The molecule has 0 amide bonds. The standard InChI is InChI=1S/C19H24N2/c1-14-9-15-5-4-8-19(11-14,12-15)20-13-17-10-16-6-2-3-7-18(16)21-17/h2-7,10,14-15,20-21H,8-9,11-13H2,1H3. The van der Waals surface area contributed by atoms with Crippen molar-refractivity contribution in [1.82, 2.24) is 10.3 Å². The van der Waals surface area contributed by atoms with Gasteiger partial charge in [0, 0.05) is 23.3 Å². The van der Waals surface area contributed by atoms with Gasteiger partial charge in [0.05, 0.1) is 0 Å². The van der Waals surface area contributed by atoms with Crippen LogP contribution in [0.5, 0.6) is 0 Å². The molecule has 0 saturated heterocycles. The molecule has 3 unspecified atom stereocenters. The highest BCUT2D eigenvalue weighted by Gasteiger charge is 2.39. The fourth-order valence-corrected chi connectivity index (χ4v) is 4.46. The average molecular weight is 280 g/mol. The summed E-state index contributed by atoms with van der Waals surface area (Å²) in [5.41, 5.74) is 2.87. The van der Waals surface area contributed by atoms with Crippen molar-refractivity contribution in [3.8, 4) is 0 Å². The highest BCUT2D eigenvalue weighted by atomic mass is 15.0. The van der Waals surface area contributed by atoms with Crippen LogP contribution in [-0.4, -0.2) is 10.5 Å². The molecule has 2 N–H and O–H groups in total. The molecule has 1 heterocycles. The predicted molar refractivity (Wildman–Crippen MR) is 88.1 cm³/mol. The molecule has 0 radical (unpaired) electrons. The number of allylic oxidation sites excluding steroid dienone is 1. The van der Waals surface area contributed by atoms with Gasteiger partial charge in [0.25, 0.3) is 0 Å². The van der Waals surface area contributed by atoms with Crippen LogP contribution >= 0.6 is 0 Å². The average Bonchev–Trinajstić information content (AvgIpc) is 2.87. The molecule has 0 aliphatic heterocycles. The Morgan fingerprint density at radius 3 is 3.10 bits per heavy atom. The van der Waals surface area contributed by atoms with Gasteiger partial charge in [0.2, 0.25) is 0 Å². The van der Waals surface area contributed by atoms with E-state index in [0.29, 0.717) is 5.54 Å². The van der Waals surface area contributed by atoms with Crippen LogP contribution < -0.4 is 5.32 Å². The van der Waals surface area contributed by atoms with E-state index in [0.717, 1.165) is 18.4 Å². The number of rotatable bonds is 3. The maximum Gasteiger partial charge on any atom is 0.0456 e. The number of hydrogen-bond donors (Lipinski definition) is 2. The molecule has 1 aromatic heterocycles. The Morgan fingerprint density at radius 2 is 2.19 bits per heavy atom. The van der Waals surface area contributed by atoms with Crippen molar-refractivity contribution in [3.63, 3.8) is 0 Å². The first kappa shape index (κ1) is 13.1. The van der Waals surface area contributed by atoms with Crippen LogP contribution in [0.3, 0.4) is 0 Å². The van der Waals surface area contributed by atoms with Crippen LogP contribution in [0.25, 0.3) is 10.9 Å². The highest BCUT2D eigenvalue weighted by Crippen LogP contribution is 2.42. The highest BCUT2D eigenvalue weighted by molar-refractivity contribution is 5.80. The minimum Gasteiger partial charge on any atom is -0.357 e. The van der Waals surface area contributed by atoms with E-state index in [-0.39, 0.29) is 0 Å². The Kier molecular flexibility index (Phi) is 3.15. The van der Waals surface area contributed by atoms with Gasteiger partial charge in [-0.05, 0) is 55.0 Å². The quantitative estimate of drug-likeness (QED) is 0.802. The first-order valence-corrected chi connectivity index (χ1v) is 8.21. The van der Waals surface area contributed by atoms with Gasteiger partial charge in [-0.2, -0.15) is 0 Å². The zero-order chi connectivity index (χ0) is 14.3. The van der Waals surface area contributed by atoms with Gasteiger partial charge in [-0.15, -0.1) is 0 Å². The summed E-state index contributed by atoms with van der Waals surface area (Å²) >= 11 is 0. The number of aromatic nitrogens is 1. The van der Waals surface area contributed by atoms with Crippen LogP contribution in [-0.2, 0) is 6.54 Å². The van der Waals surface area contributed by atoms with E-state index in [1.807, 2.05) is 0 Å². The fourth-order valence-electron chi connectivity index (χ4n) is 4.46. The molecule has 1 saturated carbocycles. The normalized spacial score (nSPS) is 31.7. The molecule has 4 rings (SSSR count). The number of benzene rings is 1. The van der Waals surface area contributed by atoms with Gasteiger partial charge in [0.1, 0.15) is 0 Å². The first-order chi connectivity index (χ1) is 10.2. The Bertz CT molecular complexity index is 636. The zero-order valence-corrected chi connectivity index (χ0v) is 12.7. The number of aromatic amines is 1. The largest absolute Gasteiger partial charge is 0.357 e. The van der Waals surface area contributed by atoms with Crippen molar-refractivity contribution in [2.75, 3.05) is 0 Å². The van der Waals surface area contributed by atoms with E-state index in [9.17, 15) is 0 Å². The van der Waals surface area contributed by atoms with Crippen molar-refractivity contribution >= 4 is 10.9 Å². The van der Waals surface area contributed by atoms with Gasteiger partial charge in [-0.3, -0.25) is 0 Å². The van der Waals surface area contributed by atoms with E-state index in [1.54, 1.807) is 0 Å². The molecule has 2 nitrogen and oxygen atoms in total. The topological polar surface area (TPSA) is 27.8 Å². The minimum atomic E-state index is 0.328. The van der Waals surface area contributed by atoms with Crippen molar-refractivity contribution in [2.45, 2.75) is 44.7 Å². The summed E-state index contributed by atoms with van der Waals surface area (Å²) in [6, 6.07) is 10.8. The fraction of sp³-hybridized carbons (Fsp3) is 0.474. The van der Waals surface area contributed by atoms with E-state index < -0.39 is 0 Å². The van der Waals surface area contributed by atoms with E-state index in [2.05, 4.69) is 59.7 Å². The second-order valence-electron chi connectivity index (χ2n) is 7.16. The van der Waals surface area contributed by atoms with Gasteiger partial charge in [-0.25, -0.2) is 0 Å². The molecular formula is C19H24N2. The molecule has 1 aromatic carbocycles. The summed E-state index contributed by atoms with van der Waals surface area (Å²) in [7, 11) is 0. The zero-order valence-electron chi connectivity index (χ0n) is 12.7. The lowest BCUT2D eigenvalue weighted by Gasteiger charge is -2.46. The molecule has 2 aliphatic rings. The van der Waals surface area contributed by atoms with E-state index in [1.165, 1.54) is 42.3 Å². The second kappa shape index (κ2) is 5.03. The summed E-state index contributed by atoms with van der Waals surface area (Å²) < 4.78 is 0. The monoisotopic (exact) mass is 280 g/mol. The summed E-state index contributed by atoms with van der Waals surface area (Å²) in [4.78, 5) is 3.54. The lowest BCUT2D eigenvalue weighted by atomic mass is 9.66. The van der Waals surface area contributed by atoms with Crippen molar-refractivity contribution in [2.24, 2.45) is 11.8 Å². The molecular weight excluding hydrogens is 256 g/mol. The lowest BCUT2D eigenvalue weighted by molar-refractivity contribution is 0.145. The number of H-pyrrole nitrogens is 1. The van der Waals surface area contributed by atoms with Crippen LogP contribution in [0, 0.1) is 11.8 Å². The van der Waals surface area contributed by atoms with Crippen LogP contribution in [0.15, 0.2) is 42.5 Å². The van der Waals surface area contributed by atoms with Crippen molar-refractivity contribution in [1.29, 1.82) is 0 Å². The molecule has 0 spiro atoms.